The van der Waals surface area contributed by atoms with Crippen molar-refractivity contribution in [1.82, 2.24) is 15.3 Å². The Morgan fingerprint density at radius 1 is 1.10 bits per heavy atom. The molecule has 2 aromatic carbocycles. The fourth-order valence-corrected chi connectivity index (χ4v) is 3.57. The summed E-state index contributed by atoms with van der Waals surface area (Å²) in [4.78, 5) is 23.8. The normalized spacial score (nSPS) is 16.1. The quantitative estimate of drug-likeness (QED) is 0.651. The highest BCUT2D eigenvalue weighted by Gasteiger charge is 2.22. The number of anilines is 2. The molecule has 1 saturated heterocycles. The Bertz CT molecular complexity index is 1020. The number of aromatic nitrogens is 2. The SMILES string of the molecule is CCNC(=O)Nc1ccc(-c2cc(N3CCOCC3C)nc(-c3ccccc3)n2)cc1. The van der Waals surface area contributed by atoms with Crippen molar-refractivity contribution >= 4 is 17.5 Å². The van der Waals surface area contributed by atoms with Gasteiger partial charge in [0.2, 0.25) is 0 Å². The molecule has 2 heterocycles. The smallest absolute Gasteiger partial charge is 0.319 e. The van der Waals surface area contributed by atoms with E-state index in [4.69, 9.17) is 14.7 Å². The predicted octanol–water partition coefficient (Wildman–Crippen LogP) is 4.18. The molecule has 160 valence electrons. The van der Waals surface area contributed by atoms with E-state index < -0.39 is 0 Å². The molecule has 0 aliphatic carbocycles. The van der Waals surface area contributed by atoms with Crippen LogP contribution in [0.3, 0.4) is 0 Å². The number of nitrogens with zero attached hydrogens (tertiary/aromatic N) is 3. The van der Waals surface area contributed by atoms with Crippen LogP contribution in [0.5, 0.6) is 0 Å². The Morgan fingerprint density at radius 3 is 2.58 bits per heavy atom. The van der Waals surface area contributed by atoms with Gasteiger partial charge in [0.15, 0.2) is 5.82 Å². The van der Waals surface area contributed by atoms with E-state index in [9.17, 15) is 4.79 Å². The number of urea groups is 1. The van der Waals surface area contributed by atoms with Crippen LogP contribution in [-0.2, 0) is 4.74 Å². The van der Waals surface area contributed by atoms with E-state index >= 15 is 0 Å². The van der Waals surface area contributed by atoms with Gasteiger partial charge in [0.25, 0.3) is 0 Å². The third-order valence-corrected chi connectivity index (χ3v) is 5.18. The predicted molar refractivity (Wildman–Crippen MR) is 123 cm³/mol. The van der Waals surface area contributed by atoms with Gasteiger partial charge in [-0.2, -0.15) is 0 Å². The Kier molecular flexibility index (Phi) is 6.43. The monoisotopic (exact) mass is 417 g/mol. The number of carbonyl (C=O) groups is 1. The molecule has 7 heteroatoms. The van der Waals surface area contributed by atoms with Crippen LogP contribution >= 0.6 is 0 Å². The maximum Gasteiger partial charge on any atom is 0.319 e. The van der Waals surface area contributed by atoms with Crippen molar-refractivity contribution < 1.29 is 9.53 Å². The van der Waals surface area contributed by atoms with E-state index in [1.807, 2.05) is 67.6 Å². The zero-order chi connectivity index (χ0) is 21.6. The molecule has 2 N–H and O–H groups in total. The summed E-state index contributed by atoms with van der Waals surface area (Å²) in [6.07, 6.45) is 0. The molecule has 7 nitrogen and oxygen atoms in total. The number of rotatable bonds is 5. The van der Waals surface area contributed by atoms with Crippen LogP contribution in [0.25, 0.3) is 22.6 Å². The van der Waals surface area contributed by atoms with E-state index in [0.717, 1.165) is 34.9 Å². The summed E-state index contributed by atoms with van der Waals surface area (Å²) in [6.45, 7) is 6.77. The number of hydrogen-bond acceptors (Lipinski definition) is 5. The molecule has 3 aromatic rings. The van der Waals surface area contributed by atoms with Crippen LogP contribution in [0.2, 0.25) is 0 Å². The molecule has 1 unspecified atom stereocenters. The molecular weight excluding hydrogens is 390 g/mol. The fraction of sp³-hybridized carbons (Fsp3) is 0.292. The molecule has 1 aliphatic rings. The second-order valence-corrected chi connectivity index (χ2v) is 7.48. The summed E-state index contributed by atoms with van der Waals surface area (Å²) < 4.78 is 5.60. The molecule has 2 amide bonds. The molecule has 4 rings (SSSR count). The zero-order valence-corrected chi connectivity index (χ0v) is 17.8. The average Bonchev–Trinajstić information content (AvgIpc) is 2.80. The van der Waals surface area contributed by atoms with Crippen molar-refractivity contribution in [2.45, 2.75) is 19.9 Å². The Balaban J connectivity index is 1.69. The first-order valence-electron chi connectivity index (χ1n) is 10.6. The van der Waals surface area contributed by atoms with Crippen LogP contribution in [-0.4, -0.2) is 48.3 Å². The van der Waals surface area contributed by atoms with E-state index in [1.54, 1.807) is 0 Å². The number of amides is 2. The van der Waals surface area contributed by atoms with Gasteiger partial charge >= 0.3 is 6.03 Å². The minimum atomic E-state index is -0.216. The lowest BCUT2D eigenvalue weighted by molar-refractivity contribution is 0.0985. The van der Waals surface area contributed by atoms with Gasteiger partial charge in [-0.05, 0) is 26.0 Å². The molecule has 31 heavy (non-hydrogen) atoms. The van der Waals surface area contributed by atoms with Crippen LogP contribution in [0, 0.1) is 0 Å². The van der Waals surface area contributed by atoms with Crippen molar-refractivity contribution in [3.8, 4) is 22.6 Å². The van der Waals surface area contributed by atoms with Gasteiger partial charge in [-0.1, -0.05) is 42.5 Å². The minimum Gasteiger partial charge on any atom is -0.377 e. The van der Waals surface area contributed by atoms with Gasteiger partial charge in [0, 0.05) is 36.0 Å². The highest BCUT2D eigenvalue weighted by Crippen LogP contribution is 2.28. The first-order chi connectivity index (χ1) is 15.1. The number of carbonyl (C=O) groups excluding carboxylic acids is 1. The van der Waals surface area contributed by atoms with Crippen LogP contribution in [0.1, 0.15) is 13.8 Å². The number of morpholine rings is 1. The standard InChI is InChI=1S/C24H27N5O2/c1-3-25-24(30)26-20-11-9-18(10-12-20)21-15-22(29-13-14-31-16-17(29)2)28-23(27-21)19-7-5-4-6-8-19/h4-12,15,17H,3,13-14,16H2,1-2H3,(H2,25,26,30). The summed E-state index contributed by atoms with van der Waals surface area (Å²) in [5.74, 6) is 1.58. The van der Waals surface area contributed by atoms with E-state index in [1.165, 1.54) is 0 Å². The van der Waals surface area contributed by atoms with Crippen molar-refractivity contribution in [3.63, 3.8) is 0 Å². The molecule has 0 spiro atoms. The van der Waals surface area contributed by atoms with E-state index in [-0.39, 0.29) is 12.1 Å². The summed E-state index contributed by atoms with van der Waals surface area (Å²) in [6, 6.07) is 19.7. The number of benzene rings is 2. The molecule has 1 aliphatic heterocycles. The van der Waals surface area contributed by atoms with Gasteiger partial charge < -0.3 is 20.3 Å². The van der Waals surface area contributed by atoms with Gasteiger partial charge in [-0.15, -0.1) is 0 Å². The lowest BCUT2D eigenvalue weighted by Crippen LogP contribution is -2.44. The van der Waals surface area contributed by atoms with E-state index in [2.05, 4.69) is 22.5 Å². The lowest BCUT2D eigenvalue weighted by atomic mass is 10.1. The molecule has 0 bridgehead atoms. The second-order valence-electron chi connectivity index (χ2n) is 7.48. The van der Waals surface area contributed by atoms with Crippen molar-refractivity contribution in [2.75, 3.05) is 36.5 Å². The summed E-state index contributed by atoms with van der Waals surface area (Å²) in [5, 5.41) is 5.55. The Labute approximate surface area is 182 Å². The first-order valence-corrected chi connectivity index (χ1v) is 10.6. The third-order valence-electron chi connectivity index (χ3n) is 5.18. The highest BCUT2D eigenvalue weighted by molar-refractivity contribution is 5.89. The summed E-state index contributed by atoms with van der Waals surface area (Å²) >= 11 is 0. The van der Waals surface area contributed by atoms with Gasteiger partial charge in [-0.25, -0.2) is 14.8 Å². The Hall–Kier alpha value is -3.45. The molecule has 0 radical (unpaired) electrons. The maximum atomic E-state index is 11.8. The Morgan fingerprint density at radius 2 is 1.87 bits per heavy atom. The molecular formula is C24H27N5O2. The first kappa shape index (κ1) is 20.8. The summed E-state index contributed by atoms with van der Waals surface area (Å²) in [5.41, 5.74) is 3.50. The fourth-order valence-electron chi connectivity index (χ4n) is 3.57. The third kappa shape index (κ3) is 5.00. The summed E-state index contributed by atoms with van der Waals surface area (Å²) in [7, 11) is 0. The second kappa shape index (κ2) is 9.57. The zero-order valence-electron chi connectivity index (χ0n) is 17.8. The van der Waals surface area contributed by atoms with Crippen LogP contribution in [0.4, 0.5) is 16.3 Å². The van der Waals surface area contributed by atoms with Crippen molar-refractivity contribution in [1.29, 1.82) is 0 Å². The lowest BCUT2D eigenvalue weighted by Gasteiger charge is -2.34. The molecule has 1 atom stereocenters. The average molecular weight is 418 g/mol. The van der Waals surface area contributed by atoms with Crippen LogP contribution < -0.4 is 15.5 Å². The van der Waals surface area contributed by atoms with Crippen molar-refractivity contribution in [3.05, 3.63) is 60.7 Å². The molecule has 1 fully saturated rings. The maximum absolute atomic E-state index is 11.8. The van der Waals surface area contributed by atoms with Gasteiger partial charge in [-0.3, -0.25) is 0 Å². The number of ether oxygens (including phenoxy) is 1. The van der Waals surface area contributed by atoms with Crippen molar-refractivity contribution in [2.24, 2.45) is 0 Å². The largest absolute Gasteiger partial charge is 0.377 e. The number of hydrogen-bond donors (Lipinski definition) is 2. The topological polar surface area (TPSA) is 79.4 Å². The van der Waals surface area contributed by atoms with E-state index in [0.29, 0.717) is 25.6 Å². The minimum absolute atomic E-state index is 0.216. The highest BCUT2D eigenvalue weighted by atomic mass is 16.5. The van der Waals surface area contributed by atoms with Gasteiger partial charge in [0.05, 0.1) is 24.9 Å². The molecule has 1 aromatic heterocycles. The van der Waals surface area contributed by atoms with Gasteiger partial charge in [0.1, 0.15) is 5.82 Å². The number of nitrogens with one attached hydrogen (secondary N) is 2. The van der Waals surface area contributed by atoms with Crippen LogP contribution in [0.15, 0.2) is 60.7 Å². The molecule has 0 saturated carbocycles.